The van der Waals surface area contributed by atoms with Gasteiger partial charge >= 0.3 is 0 Å². The molecule has 0 aliphatic carbocycles. The van der Waals surface area contributed by atoms with E-state index < -0.39 is 0 Å². The highest BCUT2D eigenvalue weighted by Gasteiger charge is 2.08. The van der Waals surface area contributed by atoms with Crippen LogP contribution in [0.1, 0.15) is 23.6 Å². The molecule has 1 atom stereocenters. The Morgan fingerprint density at radius 3 is 2.63 bits per heavy atom. The van der Waals surface area contributed by atoms with E-state index in [1.54, 1.807) is 23.5 Å². The van der Waals surface area contributed by atoms with Crippen LogP contribution in [0.4, 0.5) is 4.39 Å². The molecule has 0 fully saturated rings. The van der Waals surface area contributed by atoms with E-state index in [4.69, 9.17) is 5.73 Å². The van der Waals surface area contributed by atoms with Crippen LogP contribution in [0.2, 0.25) is 0 Å². The second-order valence-electron chi connectivity index (χ2n) is 4.82. The Kier molecular flexibility index (Phi) is 5.07. The smallest absolute Gasteiger partial charge is 0.123 e. The molecular weight excluding hydrogens is 259 g/mol. The van der Waals surface area contributed by atoms with Gasteiger partial charge in [0.2, 0.25) is 0 Å². The molecule has 1 aromatic heterocycles. The second-order valence-corrected chi connectivity index (χ2v) is 5.60. The van der Waals surface area contributed by atoms with Crippen molar-refractivity contribution in [2.45, 2.75) is 19.0 Å². The number of rotatable bonds is 6. The number of hydrogen-bond donors (Lipinski definition) is 1. The van der Waals surface area contributed by atoms with Crippen LogP contribution in [-0.4, -0.2) is 18.5 Å². The molecule has 2 nitrogen and oxygen atoms in total. The Morgan fingerprint density at radius 2 is 2.00 bits per heavy atom. The van der Waals surface area contributed by atoms with Gasteiger partial charge in [-0.3, -0.25) is 0 Å². The van der Waals surface area contributed by atoms with Crippen molar-refractivity contribution in [2.75, 3.05) is 13.6 Å². The van der Waals surface area contributed by atoms with Crippen molar-refractivity contribution >= 4 is 11.3 Å². The van der Waals surface area contributed by atoms with Crippen LogP contribution in [-0.2, 0) is 6.54 Å². The average molecular weight is 278 g/mol. The summed E-state index contributed by atoms with van der Waals surface area (Å²) in [4.78, 5) is 2.26. The highest BCUT2D eigenvalue weighted by atomic mass is 32.1. The van der Waals surface area contributed by atoms with E-state index in [-0.39, 0.29) is 11.9 Å². The minimum atomic E-state index is -0.217. The van der Waals surface area contributed by atoms with Gasteiger partial charge in [0.05, 0.1) is 0 Å². The van der Waals surface area contributed by atoms with Gasteiger partial charge in [0.1, 0.15) is 5.82 Å². The van der Waals surface area contributed by atoms with E-state index in [2.05, 4.69) is 28.8 Å². The van der Waals surface area contributed by atoms with Gasteiger partial charge in [0, 0.05) is 12.6 Å². The Bertz CT molecular complexity index is 481. The second kappa shape index (κ2) is 6.80. The molecule has 1 heterocycles. The summed E-state index contributed by atoms with van der Waals surface area (Å²) in [6, 6.07) is 8.55. The lowest BCUT2D eigenvalue weighted by molar-refractivity contribution is 0.312. The van der Waals surface area contributed by atoms with Gasteiger partial charge in [0.15, 0.2) is 0 Å². The predicted octanol–water partition coefficient (Wildman–Crippen LogP) is 3.41. The highest BCUT2D eigenvalue weighted by Crippen LogP contribution is 2.16. The Hall–Kier alpha value is -1.23. The van der Waals surface area contributed by atoms with Crippen molar-refractivity contribution in [1.29, 1.82) is 0 Å². The van der Waals surface area contributed by atoms with E-state index >= 15 is 0 Å². The van der Waals surface area contributed by atoms with Gasteiger partial charge in [-0.05, 0) is 60.1 Å². The van der Waals surface area contributed by atoms with Crippen LogP contribution in [0.15, 0.2) is 41.1 Å². The molecule has 2 aromatic rings. The first-order valence-electron chi connectivity index (χ1n) is 6.36. The van der Waals surface area contributed by atoms with E-state index in [0.29, 0.717) is 0 Å². The summed E-state index contributed by atoms with van der Waals surface area (Å²) in [5, 5.41) is 4.25. The fourth-order valence-electron chi connectivity index (χ4n) is 2.01. The third-order valence-corrected chi connectivity index (χ3v) is 3.88. The predicted molar refractivity (Wildman–Crippen MR) is 78.6 cm³/mol. The first kappa shape index (κ1) is 14.2. The van der Waals surface area contributed by atoms with Crippen LogP contribution in [0.5, 0.6) is 0 Å². The van der Waals surface area contributed by atoms with Crippen molar-refractivity contribution in [3.63, 3.8) is 0 Å². The van der Waals surface area contributed by atoms with Gasteiger partial charge in [-0.2, -0.15) is 11.3 Å². The minimum Gasteiger partial charge on any atom is -0.324 e. The zero-order valence-electron chi connectivity index (χ0n) is 11.1. The van der Waals surface area contributed by atoms with Gasteiger partial charge in [-0.25, -0.2) is 4.39 Å². The van der Waals surface area contributed by atoms with Crippen molar-refractivity contribution < 1.29 is 4.39 Å². The number of hydrogen-bond acceptors (Lipinski definition) is 3. The normalized spacial score (nSPS) is 12.8. The molecule has 2 N–H and O–H groups in total. The Labute approximate surface area is 117 Å². The first-order chi connectivity index (χ1) is 9.15. The molecule has 1 aromatic carbocycles. The summed E-state index contributed by atoms with van der Waals surface area (Å²) < 4.78 is 12.8. The third kappa shape index (κ3) is 4.42. The molecule has 0 saturated carbocycles. The van der Waals surface area contributed by atoms with Crippen molar-refractivity contribution in [2.24, 2.45) is 5.73 Å². The van der Waals surface area contributed by atoms with E-state index in [0.717, 1.165) is 25.1 Å². The summed E-state index contributed by atoms with van der Waals surface area (Å²) in [7, 11) is 2.09. The quantitative estimate of drug-likeness (QED) is 0.877. The zero-order valence-corrected chi connectivity index (χ0v) is 11.9. The fourth-order valence-corrected chi connectivity index (χ4v) is 2.67. The molecule has 0 spiro atoms. The number of halogens is 1. The molecule has 102 valence electrons. The lowest BCUT2D eigenvalue weighted by atomic mass is 10.0. The largest absolute Gasteiger partial charge is 0.324 e. The molecule has 0 bridgehead atoms. The lowest BCUT2D eigenvalue weighted by Gasteiger charge is -2.19. The van der Waals surface area contributed by atoms with Crippen LogP contribution in [0.3, 0.4) is 0 Å². The molecule has 0 amide bonds. The summed E-state index contributed by atoms with van der Waals surface area (Å²) in [6.45, 7) is 1.87. The monoisotopic (exact) mass is 278 g/mol. The molecule has 0 aliphatic rings. The van der Waals surface area contributed by atoms with Crippen molar-refractivity contribution in [3.05, 3.63) is 58.0 Å². The lowest BCUT2D eigenvalue weighted by Crippen LogP contribution is -2.23. The maximum Gasteiger partial charge on any atom is 0.123 e. The van der Waals surface area contributed by atoms with E-state index in [1.165, 1.54) is 17.7 Å². The molecule has 1 unspecified atom stereocenters. The third-order valence-electron chi connectivity index (χ3n) is 3.15. The molecule has 19 heavy (non-hydrogen) atoms. The van der Waals surface area contributed by atoms with E-state index in [1.807, 2.05) is 0 Å². The Balaban J connectivity index is 1.79. The van der Waals surface area contributed by atoms with Crippen LogP contribution < -0.4 is 5.73 Å². The van der Waals surface area contributed by atoms with Crippen LogP contribution >= 0.6 is 11.3 Å². The number of thiophene rings is 1. The summed E-state index contributed by atoms with van der Waals surface area (Å²) in [5.41, 5.74) is 8.45. The Morgan fingerprint density at radius 1 is 1.26 bits per heavy atom. The molecule has 2 rings (SSSR count). The molecular formula is C15H19FN2S. The van der Waals surface area contributed by atoms with Gasteiger partial charge in [-0.1, -0.05) is 12.1 Å². The van der Waals surface area contributed by atoms with Crippen molar-refractivity contribution in [3.8, 4) is 0 Å². The van der Waals surface area contributed by atoms with Gasteiger partial charge in [-0.15, -0.1) is 0 Å². The molecule has 0 aliphatic heterocycles. The van der Waals surface area contributed by atoms with Crippen LogP contribution in [0.25, 0.3) is 0 Å². The molecule has 4 heteroatoms. The highest BCUT2D eigenvalue weighted by molar-refractivity contribution is 7.07. The molecule has 0 saturated heterocycles. The standard InChI is InChI=1S/C15H19FN2S/c1-18(10-12-7-9-19-11-12)8-6-15(17)13-2-4-14(16)5-3-13/h2-5,7,9,11,15H,6,8,10,17H2,1H3. The van der Waals surface area contributed by atoms with Crippen LogP contribution in [0, 0.1) is 5.82 Å². The number of benzene rings is 1. The topological polar surface area (TPSA) is 29.3 Å². The fraction of sp³-hybridized carbons (Fsp3) is 0.333. The summed E-state index contributed by atoms with van der Waals surface area (Å²) >= 11 is 1.72. The zero-order chi connectivity index (χ0) is 13.7. The molecule has 0 radical (unpaired) electrons. The van der Waals surface area contributed by atoms with Gasteiger partial charge in [0.25, 0.3) is 0 Å². The summed E-state index contributed by atoms with van der Waals surface area (Å²) in [6.07, 6.45) is 0.867. The average Bonchev–Trinajstić information content (AvgIpc) is 2.89. The summed E-state index contributed by atoms with van der Waals surface area (Å²) in [5.74, 6) is -0.217. The SMILES string of the molecule is CN(CCC(N)c1ccc(F)cc1)Cc1ccsc1. The maximum atomic E-state index is 12.8. The first-order valence-corrected chi connectivity index (χ1v) is 7.30. The van der Waals surface area contributed by atoms with Crippen molar-refractivity contribution in [1.82, 2.24) is 4.90 Å². The number of nitrogens with zero attached hydrogens (tertiary/aromatic N) is 1. The van der Waals surface area contributed by atoms with E-state index in [9.17, 15) is 4.39 Å². The maximum absolute atomic E-state index is 12.8. The van der Waals surface area contributed by atoms with Gasteiger partial charge < -0.3 is 10.6 Å². The minimum absolute atomic E-state index is 0.0366. The number of nitrogens with two attached hydrogens (primary N) is 1.